The number of nitrogens with two attached hydrogens (primary N) is 2. The molecule has 9 rings (SSSR count). The van der Waals surface area contributed by atoms with Crippen molar-refractivity contribution < 1.29 is 28.0 Å². The van der Waals surface area contributed by atoms with E-state index in [1.54, 1.807) is 48.5 Å². The topological polar surface area (TPSA) is 282 Å². The van der Waals surface area contributed by atoms with E-state index < -0.39 is 14.9 Å². The SMILES string of the molecule is C#CCN(C)C(C)Cc1ccc(C)cc1.C#CCN(C)C(C)Cc1ccc(N)cc1.C#CCN(C)C(C)Cc1ccc(NS(C)(=O)=O)cc1.CC(=O)Cc1ccc([N+](=O)[O-])cc1.CC(Cc1ccc([N+](=O)[O-])cc1)N(C)Cc1ccccc1.CC(Cc1ccc([N+](=O)[O-])cc1)NCc1ccccc1.CNC(C)Cc1ccc(N)cc1. The lowest BCUT2D eigenvalue weighted by Gasteiger charge is -2.24. The maximum atomic E-state index is 11.1. The number of nitrogens with zero attached hydrogens (tertiary/aromatic N) is 7. The van der Waals surface area contributed by atoms with Crippen LogP contribution in [0.15, 0.2) is 231 Å². The molecule has 612 valence electrons. The van der Waals surface area contributed by atoms with Crippen LogP contribution in [0, 0.1) is 74.3 Å². The Hall–Kier alpha value is -11.4. The zero-order valence-corrected chi connectivity index (χ0v) is 70.3. The van der Waals surface area contributed by atoms with Crippen LogP contribution < -0.4 is 26.8 Å². The van der Waals surface area contributed by atoms with Gasteiger partial charge in [-0.05, 0) is 216 Å². The summed E-state index contributed by atoms with van der Waals surface area (Å²) in [5.74, 6) is 7.99. The first-order chi connectivity index (χ1) is 54.6. The summed E-state index contributed by atoms with van der Waals surface area (Å²) in [6, 6.07) is 74.7. The number of benzene rings is 9. The summed E-state index contributed by atoms with van der Waals surface area (Å²) in [6.45, 7) is 20.3. The van der Waals surface area contributed by atoms with Crippen molar-refractivity contribution in [2.75, 3.05) is 77.3 Å². The number of carbonyl (C=O) groups is 1. The molecule has 21 nitrogen and oxygen atoms in total. The Morgan fingerprint density at radius 3 is 1.04 bits per heavy atom. The number of hydrogen-bond acceptors (Lipinski definition) is 17. The molecule has 9 aromatic carbocycles. The van der Waals surface area contributed by atoms with E-state index in [1.807, 2.05) is 118 Å². The second kappa shape index (κ2) is 53.6. The maximum Gasteiger partial charge on any atom is 0.269 e. The van der Waals surface area contributed by atoms with Gasteiger partial charge in [-0.3, -0.25) is 59.5 Å². The van der Waals surface area contributed by atoms with E-state index >= 15 is 0 Å². The Morgan fingerprint density at radius 2 is 0.722 bits per heavy atom. The predicted octanol–water partition coefficient (Wildman–Crippen LogP) is 15.9. The van der Waals surface area contributed by atoms with Gasteiger partial charge in [0.15, 0.2) is 0 Å². The average molecular weight is 1580 g/mol. The van der Waals surface area contributed by atoms with Gasteiger partial charge in [0.2, 0.25) is 10.0 Å². The van der Waals surface area contributed by atoms with Gasteiger partial charge in [-0.2, -0.15) is 0 Å². The highest BCUT2D eigenvalue weighted by Gasteiger charge is 2.15. The second-order valence-corrected chi connectivity index (χ2v) is 30.8. The molecule has 9 aromatic rings. The quantitative estimate of drug-likeness (QED) is 0.0113. The molecule has 0 aromatic heterocycles. The zero-order valence-electron chi connectivity index (χ0n) is 69.5. The highest BCUT2D eigenvalue weighted by atomic mass is 32.2. The molecule has 0 saturated heterocycles. The summed E-state index contributed by atoms with van der Waals surface area (Å²) in [5.41, 5.74) is 25.8. The maximum absolute atomic E-state index is 11.1. The number of non-ortho nitro benzene ring substituents is 3. The molecule has 0 bridgehead atoms. The first-order valence-corrected chi connectivity index (χ1v) is 40.1. The van der Waals surface area contributed by atoms with Crippen molar-refractivity contribution >= 4 is 49.9 Å². The average Bonchev–Trinajstić information content (AvgIpc) is 0.925. The van der Waals surface area contributed by atoms with E-state index in [0.717, 1.165) is 91.5 Å². The van der Waals surface area contributed by atoms with Gasteiger partial charge in [0, 0.05) is 109 Å². The molecule has 0 aliphatic rings. The van der Waals surface area contributed by atoms with Crippen molar-refractivity contribution in [2.45, 2.75) is 150 Å². The molecule has 0 fully saturated rings. The molecule has 6 unspecified atom stereocenters. The molecule has 0 heterocycles. The van der Waals surface area contributed by atoms with Gasteiger partial charge in [0.05, 0.1) is 40.7 Å². The largest absolute Gasteiger partial charge is 0.399 e. The molecule has 7 N–H and O–H groups in total. The standard InChI is InChI=1S/C17H20N2O2.C16H18N2O2.C14H20N2O2S.C14H19N.C13H18N2.C10H16N2.C9H9NO3/c1-14(18(2)13-16-6-4-3-5-7-16)12-15-8-10-17(11-9-15)19(20)21;1-13(17-12-15-5-3-2-4-6-15)11-14-7-9-16(10-8-14)18(19)20;1-5-10-16(3)12(2)11-13-6-8-14(9-7-13)15-19(4,17)18;1-5-10-15(4)13(3)11-14-8-6-12(2)7-9-14;1-4-9-15(3)11(2)10-12-5-7-13(14)8-6-12;1-8(12-2)7-9-3-5-10(11)6-4-9;1-7(11)6-8-2-4-9(5-3-8)10(12)13/h3-11,14H,12-13H2,1-2H3;2-10,13,17H,11-12H2,1H3;1,6-9,12,15H,10-11H2,2-4H3;1,6-9,13H,10-11H2,2-4H3;1,5-8,11H,9-10,14H2,2-3H3;3-6,8,12H,7,11H2,1-2H3;2-5H,6H2,1H3. The number of hydrogen-bond donors (Lipinski definition) is 5. The summed E-state index contributed by atoms with van der Waals surface area (Å²) in [6.07, 6.45) is 23.0. The van der Waals surface area contributed by atoms with Crippen molar-refractivity contribution in [3.05, 3.63) is 316 Å². The Kier molecular flexibility index (Phi) is 45.6. The van der Waals surface area contributed by atoms with E-state index in [1.165, 1.54) is 52.4 Å². The summed E-state index contributed by atoms with van der Waals surface area (Å²) in [7, 11) is 6.96. The Bertz CT molecular complexity index is 4450. The van der Waals surface area contributed by atoms with Crippen molar-refractivity contribution in [1.82, 2.24) is 30.2 Å². The van der Waals surface area contributed by atoms with Crippen LogP contribution in [0.4, 0.5) is 34.1 Å². The van der Waals surface area contributed by atoms with Crippen molar-refractivity contribution in [3.63, 3.8) is 0 Å². The smallest absolute Gasteiger partial charge is 0.269 e. The number of rotatable bonds is 32. The van der Waals surface area contributed by atoms with E-state index in [4.69, 9.17) is 30.7 Å². The molecule has 6 atom stereocenters. The normalized spacial score (nSPS) is 12.2. The first kappa shape index (κ1) is 97.8. The van der Waals surface area contributed by atoms with Gasteiger partial charge in [0.25, 0.3) is 17.1 Å². The van der Waals surface area contributed by atoms with Gasteiger partial charge in [0.1, 0.15) is 5.78 Å². The fourth-order valence-corrected chi connectivity index (χ4v) is 11.7. The first-order valence-electron chi connectivity index (χ1n) is 38.2. The Morgan fingerprint density at radius 1 is 0.426 bits per heavy atom. The number of nitro groups is 3. The van der Waals surface area contributed by atoms with Crippen LogP contribution in [-0.2, 0) is 72.9 Å². The second-order valence-electron chi connectivity index (χ2n) is 29.0. The van der Waals surface area contributed by atoms with Gasteiger partial charge < -0.3 is 22.1 Å². The number of Topliss-reactive ketones (excluding diaryl/α,β-unsaturated/α-hetero) is 1. The molecule has 0 saturated carbocycles. The number of likely N-dealkylation sites (N-methyl/N-ethyl adjacent to an activating group) is 5. The molecule has 0 radical (unpaired) electrons. The highest BCUT2D eigenvalue weighted by molar-refractivity contribution is 7.92. The third kappa shape index (κ3) is 42.9. The van der Waals surface area contributed by atoms with E-state index in [9.17, 15) is 43.6 Å². The van der Waals surface area contributed by atoms with Gasteiger partial charge >= 0.3 is 0 Å². The van der Waals surface area contributed by atoms with Crippen molar-refractivity contribution in [1.29, 1.82) is 0 Å². The minimum Gasteiger partial charge on any atom is -0.399 e. The lowest BCUT2D eigenvalue weighted by Crippen LogP contribution is -2.31. The van der Waals surface area contributed by atoms with Gasteiger partial charge in [-0.15, -0.1) is 19.3 Å². The summed E-state index contributed by atoms with van der Waals surface area (Å²) in [4.78, 5) is 49.7. The Labute approximate surface area is 684 Å². The number of sulfonamides is 1. The lowest BCUT2D eigenvalue weighted by molar-refractivity contribution is -0.385. The monoisotopic (exact) mass is 1580 g/mol. The third-order valence-corrected chi connectivity index (χ3v) is 19.3. The molecule has 0 aliphatic carbocycles. The molecular weight excluding hydrogens is 1460 g/mol. The third-order valence-electron chi connectivity index (χ3n) is 18.7. The fraction of sp³-hybridized carbons (Fsp3) is 0.344. The van der Waals surface area contributed by atoms with E-state index in [0.29, 0.717) is 68.0 Å². The summed E-state index contributed by atoms with van der Waals surface area (Å²) < 4.78 is 24.6. The number of nitro benzene ring substituents is 3. The number of anilines is 3. The minimum absolute atomic E-state index is 0.0484. The summed E-state index contributed by atoms with van der Waals surface area (Å²) in [5, 5.41) is 38.2. The van der Waals surface area contributed by atoms with Crippen LogP contribution in [0.2, 0.25) is 0 Å². The number of nitrogens with one attached hydrogen (secondary N) is 3. The molecule has 22 heteroatoms. The van der Waals surface area contributed by atoms with Crippen molar-refractivity contribution in [3.8, 4) is 37.0 Å². The Balaban J connectivity index is 0.000000350. The zero-order chi connectivity index (χ0) is 85.4. The van der Waals surface area contributed by atoms with Crippen LogP contribution in [0.1, 0.15) is 104 Å². The molecule has 115 heavy (non-hydrogen) atoms. The van der Waals surface area contributed by atoms with Crippen LogP contribution in [-0.4, -0.2) is 146 Å². The molecule has 0 spiro atoms. The predicted molar refractivity (Wildman–Crippen MR) is 475 cm³/mol. The van der Waals surface area contributed by atoms with Gasteiger partial charge in [-0.1, -0.05) is 181 Å². The number of aryl methyl sites for hydroxylation is 1. The molecule has 0 aliphatic heterocycles. The number of nitrogen functional groups attached to an aromatic ring is 2. The van der Waals surface area contributed by atoms with Crippen LogP contribution in [0.3, 0.4) is 0 Å². The molecule has 0 amide bonds. The van der Waals surface area contributed by atoms with Crippen LogP contribution in [0.5, 0.6) is 0 Å². The number of ketones is 1. The highest BCUT2D eigenvalue weighted by Crippen LogP contribution is 2.20. The number of carbonyl (C=O) groups excluding carboxylic acids is 1. The molecular formula is C93H120N12O9S. The van der Waals surface area contributed by atoms with Crippen LogP contribution in [0.25, 0.3) is 0 Å². The summed E-state index contributed by atoms with van der Waals surface area (Å²) >= 11 is 0. The van der Waals surface area contributed by atoms with Crippen LogP contribution >= 0.6 is 0 Å². The number of terminal acetylenes is 3. The minimum atomic E-state index is -3.21. The lowest BCUT2D eigenvalue weighted by atomic mass is 10.0. The fourth-order valence-electron chi connectivity index (χ4n) is 11.2. The van der Waals surface area contributed by atoms with E-state index in [-0.39, 0.29) is 32.7 Å². The van der Waals surface area contributed by atoms with Gasteiger partial charge in [-0.25, -0.2) is 8.42 Å². The van der Waals surface area contributed by atoms with E-state index in [2.05, 4.69) is 188 Å². The van der Waals surface area contributed by atoms with Crippen molar-refractivity contribution in [2.24, 2.45) is 0 Å².